The van der Waals surface area contributed by atoms with Crippen molar-refractivity contribution >= 4 is 12.1 Å². The summed E-state index contributed by atoms with van der Waals surface area (Å²) in [7, 11) is 0. The van der Waals surface area contributed by atoms with E-state index in [-0.39, 0.29) is 6.61 Å². The van der Waals surface area contributed by atoms with Gasteiger partial charge in [-0.2, -0.15) is 15.5 Å². The van der Waals surface area contributed by atoms with Crippen LogP contribution in [0.2, 0.25) is 0 Å². The van der Waals surface area contributed by atoms with Crippen LogP contribution < -0.4 is 10.2 Å². The molecule has 0 bridgehead atoms. The van der Waals surface area contributed by atoms with E-state index in [9.17, 15) is 4.79 Å². The Balaban J connectivity index is 1.21. The van der Waals surface area contributed by atoms with Gasteiger partial charge in [0.15, 0.2) is 6.61 Å². The summed E-state index contributed by atoms with van der Waals surface area (Å²) in [5, 5.41) is 17.8. The number of hydrazone groups is 1. The number of ether oxygens (including phenoxy) is 1. The second-order valence-corrected chi connectivity index (χ2v) is 8.25. The fourth-order valence-electron chi connectivity index (χ4n) is 3.76. The smallest absolute Gasteiger partial charge is 0.277 e. The van der Waals surface area contributed by atoms with Crippen LogP contribution in [0.15, 0.2) is 115 Å². The largest absolute Gasteiger partial charge is 0.484 e. The molecule has 0 aliphatic heterocycles. The van der Waals surface area contributed by atoms with Gasteiger partial charge in [-0.05, 0) is 59.7 Å². The summed E-state index contributed by atoms with van der Waals surface area (Å²) in [6.45, 7) is -0.188. The van der Waals surface area contributed by atoms with Gasteiger partial charge in [0.2, 0.25) is 0 Å². The van der Waals surface area contributed by atoms with Crippen molar-refractivity contribution in [2.24, 2.45) is 5.10 Å². The van der Waals surface area contributed by atoms with Crippen LogP contribution in [0.1, 0.15) is 11.1 Å². The normalized spacial score (nSPS) is 10.7. The van der Waals surface area contributed by atoms with Crippen molar-refractivity contribution in [3.05, 3.63) is 121 Å². The quantitative estimate of drug-likeness (QED) is 0.239. The van der Waals surface area contributed by atoms with Crippen LogP contribution in [0.3, 0.4) is 0 Å². The Labute approximate surface area is 219 Å². The van der Waals surface area contributed by atoms with Crippen molar-refractivity contribution in [3.8, 4) is 39.9 Å². The van der Waals surface area contributed by atoms with Crippen LogP contribution in [-0.4, -0.2) is 33.5 Å². The zero-order valence-corrected chi connectivity index (χ0v) is 20.2. The van der Waals surface area contributed by atoms with Crippen LogP contribution in [0.4, 0.5) is 0 Å². The molecular weight excluding hydrogens is 476 g/mol. The molecular formula is C30H22N6O2. The molecule has 3 aromatic carbocycles. The molecule has 1 amide bonds. The fraction of sp³-hybridized carbons (Fsp3) is 0.0333. The molecule has 0 saturated heterocycles. The second kappa shape index (κ2) is 11.5. The number of hydrogen-bond acceptors (Lipinski definition) is 6. The molecule has 0 unspecified atom stereocenters. The van der Waals surface area contributed by atoms with Crippen molar-refractivity contribution in [2.45, 2.75) is 0 Å². The van der Waals surface area contributed by atoms with Crippen LogP contribution >= 0.6 is 0 Å². The molecule has 8 nitrogen and oxygen atoms in total. The highest BCUT2D eigenvalue weighted by molar-refractivity contribution is 5.89. The van der Waals surface area contributed by atoms with E-state index in [1.54, 1.807) is 47.6 Å². The summed E-state index contributed by atoms with van der Waals surface area (Å²) in [4.78, 5) is 16.5. The lowest BCUT2D eigenvalue weighted by Gasteiger charge is -2.07. The third-order valence-corrected chi connectivity index (χ3v) is 5.66. The van der Waals surface area contributed by atoms with Gasteiger partial charge in [-0.25, -0.2) is 10.1 Å². The van der Waals surface area contributed by atoms with Gasteiger partial charge in [0.1, 0.15) is 11.4 Å². The van der Waals surface area contributed by atoms with Crippen molar-refractivity contribution in [3.63, 3.8) is 0 Å². The van der Waals surface area contributed by atoms with Gasteiger partial charge in [0.05, 0.1) is 23.5 Å². The zero-order chi connectivity index (χ0) is 26.2. The number of rotatable bonds is 8. The number of carbonyl (C=O) groups excluding carboxylic acids is 1. The fourth-order valence-corrected chi connectivity index (χ4v) is 3.76. The maximum atomic E-state index is 12.3. The van der Waals surface area contributed by atoms with E-state index in [1.807, 2.05) is 72.9 Å². The van der Waals surface area contributed by atoms with Crippen LogP contribution in [-0.2, 0) is 4.79 Å². The van der Waals surface area contributed by atoms with E-state index in [0.29, 0.717) is 17.0 Å². The maximum absolute atomic E-state index is 12.3. The van der Waals surface area contributed by atoms with Crippen LogP contribution in [0.25, 0.3) is 28.1 Å². The first kappa shape index (κ1) is 24.2. The van der Waals surface area contributed by atoms with Crippen LogP contribution in [0, 0.1) is 11.3 Å². The number of nitrogens with zero attached hydrogens (tertiary/aromatic N) is 5. The minimum absolute atomic E-state index is 0.188. The highest BCUT2D eigenvalue weighted by Gasteiger charge is 2.11. The van der Waals surface area contributed by atoms with Gasteiger partial charge >= 0.3 is 0 Å². The molecule has 8 heteroatoms. The number of nitrogens with one attached hydrogen (secondary N) is 1. The number of carbonyl (C=O) groups is 1. The summed E-state index contributed by atoms with van der Waals surface area (Å²) in [6.07, 6.45) is 6.83. The molecule has 0 aliphatic carbocycles. The Morgan fingerprint density at radius 3 is 2.37 bits per heavy atom. The molecule has 0 aliphatic rings. The summed E-state index contributed by atoms with van der Waals surface area (Å²) in [5.74, 6) is 0.167. The average Bonchev–Trinajstić information content (AvgIpc) is 3.41. The van der Waals surface area contributed by atoms with Crippen molar-refractivity contribution in [1.82, 2.24) is 20.2 Å². The number of pyridine rings is 1. The molecule has 5 rings (SSSR count). The average molecular weight is 499 g/mol. The zero-order valence-electron chi connectivity index (χ0n) is 20.2. The van der Waals surface area contributed by atoms with Gasteiger partial charge < -0.3 is 4.74 Å². The van der Waals surface area contributed by atoms with Crippen molar-refractivity contribution in [1.29, 1.82) is 5.26 Å². The molecule has 0 atom stereocenters. The lowest BCUT2D eigenvalue weighted by molar-refractivity contribution is -0.123. The second-order valence-electron chi connectivity index (χ2n) is 8.25. The molecule has 1 N–H and O–H groups in total. The topological polar surface area (TPSA) is 105 Å². The van der Waals surface area contributed by atoms with Gasteiger partial charge in [-0.3, -0.25) is 9.78 Å². The minimum atomic E-state index is -0.393. The van der Waals surface area contributed by atoms with Crippen molar-refractivity contribution in [2.75, 3.05) is 6.61 Å². The van der Waals surface area contributed by atoms with Gasteiger partial charge in [-0.1, -0.05) is 42.5 Å². The number of para-hydroxylation sites is 1. The number of nitriles is 1. The van der Waals surface area contributed by atoms with E-state index in [4.69, 9.17) is 15.1 Å². The third kappa shape index (κ3) is 5.80. The Morgan fingerprint density at radius 2 is 1.68 bits per heavy atom. The highest BCUT2D eigenvalue weighted by Crippen LogP contribution is 2.23. The molecule has 184 valence electrons. The predicted octanol–water partition coefficient (Wildman–Crippen LogP) is 5.00. The standard InChI is InChI=1S/C30H22N6O2/c31-17-22-8-10-23(11-9-22)24-12-14-28(15-13-24)38-21-29(37)34-33-19-26-20-36(27-6-2-1-3-7-27)35-30(26)25-5-4-16-32-18-25/h1-16,18-20H,21H2,(H,34,37)/b33-19+. The Morgan fingerprint density at radius 1 is 0.947 bits per heavy atom. The Hall–Kier alpha value is -5.55. The summed E-state index contributed by atoms with van der Waals surface area (Å²) >= 11 is 0. The third-order valence-electron chi connectivity index (χ3n) is 5.66. The van der Waals surface area contributed by atoms with Gasteiger partial charge in [0, 0.05) is 29.7 Å². The summed E-state index contributed by atoms with van der Waals surface area (Å²) < 4.78 is 7.36. The SMILES string of the molecule is N#Cc1ccc(-c2ccc(OCC(=O)N/N=C/c3cn(-c4ccccc4)nc3-c3cccnc3)cc2)cc1. The number of benzene rings is 3. The number of hydrogen-bond donors (Lipinski definition) is 1. The maximum Gasteiger partial charge on any atom is 0.277 e. The molecule has 2 heterocycles. The lowest BCUT2D eigenvalue weighted by Crippen LogP contribution is -2.24. The molecule has 0 spiro atoms. The first-order valence-corrected chi connectivity index (χ1v) is 11.8. The highest BCUT2D eigenvalue weighted by atomic mass is 16.5. The van der Waals surface area contributed by atoms with E-state index in [2.05, 4.69) is 21.6 Å². The van der Waals surface area contributed by atoms with E-state index in [0.717, 1.165) is 27.9 Å². The first-order chi connectivity index (χ1) is 18.7. The molecule has 38 heavy (non-hydrogen) atoms. The molecule has 0 saturated carbocycles. The molecule has 0 fully saturated rings. The molecule has 2 aromatic heterocycles. The molecule has 5 aromatic rings. The minimum Gasteiger partial charge on any atom is -0.484 e. The Kier molecular flexibility index (Phi) is 7.28. The van der Waals surface area contributed by atoms with Gasteiger partial charge in [-0.15, -0.1) is 0 Å². The monoisotopic (exact) mass is 498 g/mol. The van der Waals surface area contributed by atoms with Crippen LogP contribution in [0.5, 0.6) is 5.75 Å². The molecule has 0 radical (unpaired) electrons. The van der Waals surface area contributed by atoms with Crippen molar-refractivity contribution < 1.29 is 9.53 Å². The first-order valence-electron chi connectivity index (χ1n) is 11.8. The number of amides is 1. The number of aromatic nitrogens is 3. The van der Waals surface area contributed by atoms with E-state index < -0.39 is 5.91 Å². The lowest BCUT2D eigenvalue weighted by atomic mass is 10.0. The summed E-state index contributed by atoms with van der Waals surface area (Å²) in [6, 6.07) is 30.3. The van der Waals surface area contributed by atoms with E-state index >= 15 is 0 Å². The predicted molar refractivity (Wildman–Crippen MR) is 145 cm³/mol. The van der Waals surface area contributed by atoms with E-state index in [1.165, 1.54) is 0 Å². The van der Waals surface area contributed by atoms with Gasteiger partial charge in [0.25, 0.3) is 5.91 Å². The summed E-state index contributed by atoms with van der Waals surface area (Å²) in [5.41, 5.74) is 8.24. The Bertz CT molecular complexity index is 1590.